The van der Waals surface area contributed by atoms with Crippen molar-refractivity contribution in [2.45, 2.75) is 31.7 Å². The molecule has 1 aromatic rings. The smallest absolute Gasteiger partial charge is 0.266 e. The van der Waals surface area contributed by atoms with Crippen molar-refractivity contribution in [2.75, 3.05) is 5.32 Å². The van der Waals surface area contributed by atoms with E-state index in [4.69, 9.17) is 0 Å². The van der Waals surface area contributed by atoms with Crippen LogP contribution in [-0.4, -0.2) is 16.2 Å². The lowest BCUT2D eigenvalue weighted by molar-refractivity contribution is 0.439. The molecule has 3 unspecified atom stereocenters. The van der Waals surface area contributed by atoms with Crippen molar-refractivity contribution in [3.63, 3.8) is 0 Å². The third-order valence-electron chi connectivity index (χ3n) is 3.76. The number of hydrogen-bond donors (Lipinski definition) is 2. The number of aromatic amines is 1. The highest BCUT2D eigenvalue weighted by atomic mass is 16.1. The zero-order chi connectivity index (χ0) is 10.3. The van der Waals surface area contributed by atoms with Crippen LogP contribution in [-0.2, 0) is 0 Å². The Morgan fingerprint density at radius 2 is 2.33 bits per heavy atom. The Morgan fingerprint density at radius 3 is 3.00 bits per heavy atom. The van der Waals surface area contributed by atoms with E-state index in [1.165, 1.54) is 25.7 Å². The van der Waals surface area contributed by atoms with Crippen molar-refractivity contribution in [1.29, 1.82) is 0 Å². The Balaban J connectivity index is 1.73. The number of fused-ring (bicyclic) bond motifs is 2. The van der Waals surface area contributed by atoms with Crippen LogP contribution < -0.4 is 10.9 Å². The molecule has 2 N–H and O–H groups in total. The van der Waals surface area contributed by atoms with Crippen LogP contribution in [0.25, 0.3) is 0 Å². The molecule has 0 amide bonds. The van der Waals surface area contributed by atoms with Crippen LogP contribution >= 0.6 is 0 Å². The third-order valence-corrected chi connectivity index (χ3v) is 3.76. The van der Waals surface area contributed by atoms with Gasteiger partial charge in [-0.3, -0.25) is 4.79 Å². The lowest BCUT2D eigenvalue weighted by Gasteiger charge is -2.23. The second kappa shape index (κ2) is 3.36. The molecule has 1 heterocycles. The van der Waals surface area contributed by atoms with Crippen molar-refractivity contribution in [3.05, 3.63) is 22.6 Å². The van der Waals surface area contributed by atoms with E-state index in [0.29, 0.717) is 6.04 Å². The summed E-state index contributed by atoms with van der Waals surface area (Å²) in [5.41, 5.74) is 0.722. The summed E-state index contributed by atoms with van der Waals surface area (Å²) in [5.74, 6) is 1.73. The van der Waals surface area contributed by atoms with Gasteiger partial charge in [-0.2, -0.15) is 5.10 Å². The number of hydrogen-bond acceptors (Lipinski definition) is 3. The van der Waals surface area contributed by atoms with Crippen LogP contribution in [0, 0.1) is 11.8 Å². The molecule has 0 saturated heterocycles. The Bertz CT molecular complexity index is 414. The molecule has 15 heavy (non-hydrogen) atoms. The first-order chi connectivity index (χ1) is 7.31. The van der Waals surface area contributed by atoms with Crippen LogP contribution in [0.5, 0.6) is 0 Å². The minimum Gasteiger partial charge on any atom is -0.381 e. The van der Waals surface area contributed by atoms with E-state index in [1.807, 2.05) is 0 Å². The maximum absolute atomic E-state index is 11.1. The van der Waals surface area contributed by atoms with Gasteiger partial charge in [0.25, 0.3) is 5.56 Å². The monoisotopic (exact) mass is 205 g/mol. The summed E-state index contributed by atoms with van der Waals surface area (Å²) in [4.78, 5) is 11.1. The highest BCUT2D eigenvalue weighted by Crippen LogP contribution is 2.45. The van der Waals surface area contributed by atoms with Gasteiger partial charge in [0.15, 0.2) is 0 Å². The lowest BCUT2D eigenvalue weighted by Crippen LogP contribution is -2.26. The minimum absolute atomic E-state index is 0.136. The zero-order valence-corrected chi connectivity index (χ0v) is 8.57. The molecule has 4 heteroatoms. The van der Waals surface area contributed by atoms with E-state index >= 15 is 0 Å². The van der Waals surface area contributed by atoms with E-state index in [0.717, 1.165) is 17.5 Å². The van der Waals surface area contributed by atoms with Gasteiger partial charge >= 0.3 is 0 Å². The number of H-pyrrole nitrogens is 1. The van der Waals surface area contributed by atoms with Gasteiger partial charge in [0, 0.05) is 12.1 Å². The number of nitrogens with one attached hydrogen (secondary N) is 2. The molecule has 2 fully saturated rings. The first kappa shape index (κ1) is 8.95. The Morgan fingerprint density at radius 1 is 1.40 bits per heavy atom. The van der Waals surface area contributed by atoms with Crippen LogP contribution in [0.1, 0.15) is 25.7 Å². The van der Waals surface area contributed by atoms with Crippen LogP contribution in [0.3, 0.4) is 0 Å². The van der Waals surface area contributed by atoms with Gasteiger partial charge in [-0.25, -0.2) is 5.10 Å². The normalized spacial score (nSPS) is 33.2. The summed E-state index contributed by atoms with van der Waals surface area (Å²) in [5, 5.41) is 9.60. The molecule has 4 nitrogen and oxygen atoms in total. The molecule has 0 radical (unpaired) electrons. The lowest BCUT2D eigenvalue weighted by atomic mass is 9.95. The standard InChI is InChI=1S/C11H15N3O/c15-11-5-9(6-12-14-11)13-10-4-7-1-2-8(10)3-7/h5-8,10H,1-4H2,(H2,13,14,15). The molecule has 2 bridgehead atoms. The summed E-state index contributed by atoms with van der Waals surface area (Å²) >= 11 is 0. The molecule has 2 aliphatic rings. The average Bonchev–Trinajstić information content (AvgIpc) is 2.79. The van der Waals surface area contributed by atoms with Crippen LogP contribution in [0.4, 0.5) is 5.69 Å². The van der Waals surface area contributed by atoms with Gasteiger partial charge in [0.1, 0.15) is 0 Å². The van der Waals surface area contributed by atoms with E-state index in [2.05, 4.69) is 15.5 Å². The highest BCUT2D eigenvalue weighted by molar-refractivity contribution is 5.40. The second-order valence-corrected chi connectivity index (χ2v) is 4.76. The number of nitrogens with zero attached hydrogens (tertiary/aromatic N) is 1. The quantitative estimate of drug-likeness (QED) is 0.766. The zero-order valence-electron chi connectivity index (χ0n) is 8.57. The topological polar surface area (TPSA) is 57.8 Å². The fourth-order valence-electron chi connectivity index (χ4n) is 3.09. The summed E-state index contributed by atoms with van der Waals surface area (Å²) in [6, 6.07) is 2.14. The molecular weight excluding hydrogens is 190 g/mol. The number of rotatable bonds is 2. The second-order valence-electron chi connectivity index (χ2n) is 4.76. The van der Waals surface area contributed by atoms with Gasteiger partial charge < -0.3 is 5.32 Å². The summed E-state index contributed by atoms with van der Waals surface area (Å²) in [6.07, 6.45) is 7.06. The molecule has 0 spiro atoms. The van der Waals surface area contributed by atoms with Crippen molar-refractivity contribution in [1.82, 2.24) is 10.2 Å². The van der Waals surface area contributed by atoms with E-state index in [1.54, 1.807) is 12.3 Å². The van der Waals surface area contributed by atoms with Gasteiger partial charge in [-0.05, 0) is 31.1 Å². The average molecular weight is 205 g/mol. The van der Waals surface area contributed by atoms with E-state index < -0.39 is 0 Å². The fraction of sp³-hybridized carbons (Fsp3) is 0.636. The van der Waals surface area contributed by atoms with Crippen molar-refractivity contribution in [2.24, 2.45) is 11.8 Å². The maximum Gasteiger partial charge on any atom is 0.266 e. The molecule has 0 aromatic carbocycles. The molecule has 3 atom stereocenters. The molecule has 80 valence electrons. The van der Waals surface area contributed by atoms with Gasteiger partial charge in [-0.15, -0.1) is 0 Å². The molecule has 2 saturated carbocycles. The van der Waals surface area contributed by atoms with Crippen molar-refractivity contribution < 1.29 is 0 Å². The van der Waals surface area contributed by atoms with E-state index in [-0.39, 0.29) is 5.56 Å². The van der Waals surface area contributed by atoms with Gasteiger partial charge in [0.05, 0.1) is 11.9 Å². The third kappa shape index (κ3) is 1.64. The van der Waals surface area contributed by atoms with Crippen LogP contribution in [0.2, 0.25) is 0 Å². The number of anilines is 1. The molecular formula is C11H15N3O. The Kier molecular flexibility index (Phi) is 2.01. The maximum atomic E-state index is 11.1. The van der Waals surface area contributed by atoms with Crippen molar-refractivity contribution in [3.8, 4) is 0 Å². The predicted octanol–water partition coefficient (Wildman–Crippen LogP) is 1.37. The van der Waals surface area contributed by atoms with Gasteiger partial charge in [-0.1, -0.05) is 6.42 Å². The Labute approximate surface area is 88.1 Å². The molecule has 2 aliphatic carbocycles. The number of aromatic nitrogens is 2. The van der Waals surface area contributed by atoms with Crippen LogP contribution in [0.15, 0.2) is 17.1 Å². The Hall–Kier alpha value is -1.32. The fourth-order valence-corrected chi connectivity index (χ4v) is 3.09. The first-order valence-electron chi connectivity index (χ1n) is 5.62. The highest BCUT2D eigenvalue weighted by Gasteiger charge is 2.39. The molecule has 0 aliphatic heterocycles. The summed E-state index contributed by atoms with van der Waals surface area (Å²) in [7, 11) is 0. The summed E-state index contributed by atoms with van der Waals surface area (Å²) < 4.78 is 0. The predicted molar refractivity (Wildman–Crippen MR) is 57.7 cm³/mol. The first-order valence-corrected chi connectivity index (χ1v) is 5.62. The largest absolute Gasteiger partial charge is 0.381 e. The van der Waals surface area contributed by atoms with Crippen molar-refractivity contribution >= 4 is 5.69 Å². The summed E-state index contributed by atoms with van der Waals surface area (Å²) in [6.45, 7) is 0. The minimum atomic E-state index is -0.136. The van der Waals surface area contributed by atoms with E-state index in [9.17, 15) is 4.79 Å². The molecule has 3 rings (SSSR count). The SMILES string of the molecule is O=c1cc(NC2CC3CCC2C3)cn[nH]1. The van der Waals surface area contributed by atoms with Gasteiger partial charge in [0.2, 0.25) is 0 Å². The molecule has 1 aromatic heterocycles.